The van der Waals surface area contributed by atoms with Crippen molar-refractivity contribution in [1.82, 2.24) is 9.97 Å². The Morgan fingerprint density at radius 1 is 1.13 bits per heavy atom. The molecule has 3 nitrogen and oxygen atoms in total. The van der Waals surface area contributed by atoms with Gasteiger partial charge in [0.05, 0.1) is 11.8 Å². The molecule has 1 atom stereocenters. The van der Waals surface area contributed by atoms with Crippen LogP contribution in [0.3, 0.4) is 0 Å². The van der Waals surface area contributed by atoms with Crippen LogP contribution < -0.4 is 0 Å². The van der Waals surface area contributed by atoms with Crippen molar-refractivity contribution in [2.24, 2.45) is 0 Å². The summed E-state index contributed by atoms with van der Waals surface area (Å²) in [5.41, 5.74) is 2.72. The zero-order chi connectivity index (χ0) is 10.7. The lowest BCUT2D eigenvalue weighted by atomic mass is 10.1. The van der Waals surface area contributed by atoms with Crippen molar-refractivity contribution in [1.29, 1.82) is 0 Å². The third-order valence-corrected chi connectivity index (χ3v) is 2.21. The Balaban J connectivity index is 2.32. The van der Waals surface area contributed by atoms with Gasteiger partial charge in [0, 0.05) is 29.7 Å². The van der Waals surface area contributed by atoms with Gasteiger partial charge in [-0.05, 0) is 19.1 Å². The molecule has 2 heterocycles. The van der Waals surface area contributed by atoms with Gasteiger partial charge in [0.1, 0.15) is 0 Å². The van der Waals surface area contributed by atoms with Crippen LogP contribution in [0.1, 0.15) is 18.7 Å². The summed E-state index contributed by atoms with van der Waals surface area (Å²) in [4.78, 5) is 8.22. The van der Waals surface area contributed by atoms with Crippen LogP contribution in [0.4, 0.5) is 0 Å². The second-order valence-corrected chi connectivity index (χ2v) is 3.39. The highest BCUT2D eigenvalue weighted by Crippen LogP contribution is 2.18. The van der Waals surface area contributed by atoms with E-state index in [0.717, 1.165) is 11.1 Å². The zero-order valence-electron chi connectivity index (χ0n) is 8.46. The number of hydrogen-bond donors (Lipinski definition) is 1. The number of hydrogen-bond acceptors (Lipinski definition) is 3. The first kappa shape index (κ1) is 9.80. The Hall–Kier alpha value is -1.74. The van der Waals surface area contributed by atoms with Crippen LogP contribution in [0.25, 0.3) is 11.1 Å². The molecule has 0 amide bonds. The minimum absolute atomic E-state index is 0.520. The molecule has 0 aliphatic carbocycles. The molecule has 0 fully saturated rings. The van der Waals surface area contributed by atoms with E-state index < -0.39 is 6.10 Å². The van der Waals surface area contributed by atoms with Crippen molar-refractivity contribution < 1.29 is 5.11 Å². The summed E-state index contributed by atoms with van der Waals surface area (Å²) in [6.45, 7) is 1.70. The monoisotopic (exact) mass is 200 g/mol. The molecule has 2 aromatic heterocycles. The van der Waals surface area contributed by atoms with Gasteiger partial charge in [0.15, 0.2) is 0 Å². The third-order valence-electron chi connectivity index (χ3n) is 2.21. The molecule has 0 saturated carbocycles. The Kier molecular flexibility index (Phi) is 2.74. The van der Waals surface area contributed by atoms with Gasteiger partial charge in [-0.25, -0.2) is 0 Å². The quantitative estimate of drug-likeness (QED) is 0.808. The smallest absolute Gasteiger partial charge is 0.0931 e. The average molecular weight is 200 g/mol. The first-order valence-electron chi connectivity index (χ1n) is 4.82. The lowest BCUT2D eigenvalue weighted by Gasteiger charge is -2.04. The van der Waals surface area contributed by atoms with Crippen molar-refractivity contribution in [3.63, 3.8) is 0 Å². The van der Waals surface area contributed by atoms with Crippen LogP contribution in [0.15, 0.2) is 42.9 Å². The summed E-state index contributed by atoms with van der Waals surface area (Å²) in [5.74, 6) is 0. The van der Waals surface area contributed by atoms with E-state index in [0.29, 0.717) is 5.69 Å². The largest absolute Gasteiger partial charge is 0.387 e. The summed E-state index contributed by atoms with van der Waals surface area (Å²) >= 11 is 0. The molecule has 1 N–H and O–H groups in total. The van der Waals surface area contributed by atoms with E-state index in [4.69, 9.17) is 0 Å². The third kappa shape index (κ3) is 2.19. The number of aliphatic hydroxyl groups excluding tert-OH is 1. The van der Waals surface area contributed by atoms with E-state index >= 15 is 0 Å². The fourth-order valence-electron chi connectivity index (χ4n) is 1.36. The zero-order valence-corrected chi connectivity index (χ0v) is 8.46. The minimum atomic E-state index is -0.520. The molecule has 0 aliphatic rings. The van der Waals surface area contributed by atoms with Gasteiger partial charge in [0.25, 0.3) is 0 Å². The molecule has 0 aliphatic heterocycles. The van der Waals surface area contributed by atoms with Gasteiger partial charge >= 0.3 is 0 Å². The number of rotatable bonds is 2. The number of aliphatic hydroxyl groups is 1. The molecule has 2 rings (SSSR count). The molecular formula is C12H12N2O. The van der Waals surface area contributed by atoms with E-state index in [-0.39, 0.29) is 0 Å². The maximum atomic E-state index is 9.31. The standard InChI is InChI=1S/C12H12N2O/c1-9(15)12-5-4-11(8-14-12)10-3-2-6-13-7-10/h2-9,15H,1H3. The highest BCUT2D eigenvalue weighted by Gasteiger charge is 2.02. The summed E-state index contributed by atoms with van der Waals surface area (Å²) in [5, 5.41) is 9.31. The lowest BCUT2D eigenvalue weighted by Crippen LogP contribution is -1.94. The van der Waals surface area contributed by atoms with Crippen LogP contribution in [-0.4, -0.2) is 15.1 Å². The normalized spacial score (nSPS) is 12.4. The number of nitrogens with zero attached hydrogens (tertiary/aromatic N) is 2. The van der Waals surface area contributed by atoms with Gasteiger partial charge in [0.2, 0.25) is 0 Å². The van der Waals surface area contributed by atoms with Gasteiger partial charge in [-0.2, -0.15) is 0 Å². The number of pyridine rings is 2. The SMILES string of the molecule is CC(O)c1ccc(-c2cccnc2)cn1. The summed E-state index contributed by atoms with van der Waals surface area (Å²) in [6.07, 6.45) is 4.76. The molecule has 15 heavy (non-hydrogen) atoms. The molecule has 3 heteroatoms. The fourth-order valence-corrected chi connectivity index (χ4v) is 1.36. The molecule has 0 saturated heterocycles. The summed E-state index contributed by atoms with van der Waals surface area (Å²) in [7, 11) is 0. The highest BCUT2D eigenvalue weighted by atomic mass is 16.3. The first-order chi connectivity index (χ1) is 7.27. The second-order valence-electron chi connectivity index (χ2n) is 3.39. The maximum absolute atomic E-state index is 9.31. The predicted octanol–water partition coefficient (Wildman–Crippen LogP) is 2.20. The van der Waals surface area contributed by atoms with E-state index in [2.05, 4.69) is 9.97 Å². The summed E-state index contributed by atoms with van der Waals surface area (Å²) in [6, 6.07) is 7.63. The van der Waals surface area contributed by atoms with Gasteiger partial charge in [-0.15, -0.1) is 0 Å². The lowest BCUT2D eigenvalue weighted by molar-refractivity contribution is 0.194. The molecule has 1 unspecified atom stereocenters. The second kappa shape index (κ2) is 4.19. The van der Waals surface area contributed by atoms with Gasteiger partial charge in [-0.3, -0.25) is 9.97 Å². The molecule has 76 valence electrons. The van der Waals surface area contributed by atoms with Gasteiger partial charge < -0.3 is 5.11 Å². The topological polar surface area (TPSA) is 46.0 Å². The molecule has 0 radical (unpaired) electrons. The van der Waals surface area contributed by atoms with E-state index in [9.17, 15) is 5.11 Å². The van der Waals surface area contributed by atoms with Crippen molar-refractivity contribution in [3.8, 4) is 11.1 Å². The number of aromatic nitrogens is 2. The average Bonchev–Trinajstić information content (AvgIpc) is 2.30. The van der Waals surface area contributed by atoms with Crippen LogP contribution in [-0.2, 0) is 0 Å². The molecular weight excluding hydrogens is 188 g/mol. The summed E-state index contributed by atoms with van der Waals surface area (Å²) < 4.78 is 0. The van der Waals surface area contributed by atoms with E-state index in [1.54, 1.807) is 25.5 Å². The van der Waals surface area contributed by atoms with Gasteiger partial charge in [-0.1, -0.05) is 12.1 Å². The molecule has 2 aromatic rings. The fraction of sp³-hybridized carbons (Fsp3) is 0.167. The maximum Gasteiger partial charge on any atom is 0.0931 e. The van der Waals surface area contributed by atoms with Crippen LogP contribution in [0.2, 0.25) is 0 Å². The van der Waals surface area contributed by atoms with Crippen LogP contribution in [0.5, 0.6) is 0 Å². The Morgan fingerprint density at radius 3 is 2.47 bits per heavy atom. The predicted molar refractivity (Wildman–Crippen MR) is 58.1 cm³/mol. The van der Waals surface area contributed by atoms with Crippen molar-refractivity contribution in [2.75, 3.05) is 0 Å². The minimum Gasteiger partial charge on any atom is -0.387 e. The van der Waals surface area contributed by atoms with Crippen LogP contribution >= 0.6 is 0 Å². The Labute approximate surface area is 88.5 Å². The first-order valence-corrected chi connectivity index (χ1v) is 4.82. The molecule has 0 aromatic carbocycles. The van der Waals surface area contributed by atoms with Crippen molar-refractivity contribution >= 4 is 0 Å². The van der Waals surface area contributed by atoms with Crippen molar-refractivity contribution in [2.45, 2.75) is 13.0 Å². The van der Waals surface area contributed by atoms with Crippen molar-refractivity contribution in [3.05, 3.63) is 48.5 Å². The van der Waals surface area contributed by atoms with E-state index in [1.165, 1.54) is 0 Å². The molecule has 0 spiro atoms. The highest BCUT2D eigenvalue weighted by molar-refractivity contribution is 5.60. The van der Waals surface area contributed by atoms with Crippen LogP contribution in [0, 0.1) is 0 Å². The Morgan fingerprint density at radius 2 is 1.93 bits per heavy atom. The molecule has 0 bridgehead atoms. The Bertz CT molecular complexity index is 423. The van der Waals surface area contributed by atoms with E-state index in [1.807, 2.05) is 24.3 Å².